The molecule has 7 nitrogen and oxygen atoms in total. The molecule has 0 rings (SSSR count). The highest BCUT2D eigenvalue weighted by Gasteiger charge is 2.29. The molecule has 2 N–H and O–H groups in total. The van der Waals surface area contributed by atoms with Crippen LogP contribution in [-0.4, -0.2) is 47.5 Å². The Balaban J connectivity index is 4.66. The van der Waals surface area contributed by atoms with Gasteiger partial charge in [-0.25, -0.2) is 9.59 Å². The lowest BCUT2D eigenvalue weighted by molar-refractivity contribution is -0.0299. The lowest BCUT2D eigenvalue weighted by Crippen LogP contribution is -2.50. The molecule has 0 aliphatic heterocycles. The fraction of sp³-hybridized carbons (Fsp3) is 0.800. The maximum absolute atomic E-state index is 11.3. The van der Waals surface area contributed by atoms with Gasteiger partial charge in [-0.1, -0.05) is 0 Å². The summed E-state index contributed by atoms with van der Waals surface area (Å²) in [6.45, 7) is 3.53. The Bertz CT molecular complexity index is 303. The van der Waals surface area contributed by atoms with Crippen molar-refractivity contribution in [2.45, 2.75) is 36.0 Å². The molecule has 0 radical (unpaired) electrons. The summed E-state index contributed by atoms with van der Waals surface area (Å²) in [5.41, 5.74) is 0. The number of ether oxygens (including phenoxy) is 3. The number of hydrogen-bond acceptors (Lipinski definition) is 5. The molecule has 2 unspecified atom stereocenters. The van der Waals surface area contributed by atoms with Gasteiger partial charge in [-0.3, -0.25) is 10.6 Å². The number of carbonyl (C=O) groups is 2. The van der Waals surface area contributed by atoms with E-state index in [0.717, 1.165) is 0 Å². The Labute approximate surface area is 142 Å². The Hall–Kier alpha value is -0.340. The molecule has 0 fully saturated rings. The van der Waals surface area contributed by atoms with E-state index in [9.17, 15) is 9.59 Å². The monoisotopic (exact) mass is 384 g/mol. The van der Waals surface area contributed by atoms with Gasteiger partial charge in [-0.2, -0.15) is 0 Å². The van der Waals surface area contributed by atoms with Gasteiger partial charge >= 0.3 is 12.2 Å². The highest BCUT2D eigenvalue weighted by molar-refractivity contribution is 6.45. The molecule has 0 bridgehead atoms. The van der Waals surface area contributed by atoms with Crippen molar-refractivity contribution < 1.29 is 23.8 Å². The van der Waals surface area contributed by atoms with E-state index in [1.54, 1.807) is 13.8 Å². The summed E-state index contributed by atoms with van der Waals surface area (Å²) in [4.78, 5) is 20.3. The second kappa shape index (κ2) is 11.3. The minimum atomic E-state index is -1.21. The van der Waals surface area contributed by atoms with Crippen molar-refractivity contribution in [2.75, 3.05) is 13.2 Å². The Morgan fingerprint density at radius 1 is 0.857 bits per heavy atom. The maximum atomic E-state index is 11.3. The van der Waals surface area contributed by atoms with E-state index in [1.807, 2.05) is 0 Å². The van der Waals surface area contributed by atoms with Crippen molar-refractivity contribution >= 4 is 58.6 Å². The van der Waals surface area contributed by atoms with Gasteiger partial charge in [0.05, 0.1) is 13.2 Å². The summed E-state index contributed by atoms with van der Waals surface area (Å²) in [5, 5.41) is 4.50. The Kier molecular flexibility index (Phi) is 11.1. The fourth-order valence-corrected chi connectivity index (χ4v) is 1.54. The van der Waals surface area contributed by atoms with Crippen LogP contribution in [0.4, 0.5) is 9.59 Å². The van der Waals surface area contributed by atoms with Crippen LogP contribution in [0.2, 0.25) is 0 Å². The van der Waals surface area contributed by atoms with Crippen molar-refractivity contribution in [1.29, 1.82) is 0 Å². The summed E-state index contributed by atoms with van der Waals surface area (Å²) in [6.07, 6.45) is -4.02. The van der Waals surface area contributed by atoms with Crippen molar-refractivity contribution in [3.8, 4) is 0 Å². The predicted octanol–water partition coefficient (Wildman–Crippen LogP) is 2.75. The molecule has 0 aromatic carbocycles. The maximum Gasteiger partial charge on any atom is 0.409 e. The second-order valence-corrected chi connectivity index (χ2v) is 5.70. The van der Waals surface area contributed by atoms with Crippen LogP contribution in [0, 0.1) is 0 Å². The topological polar surface area (TPSA) is 85.9 Å². The van der Waals surface area contributed by atoms with Gasteiger partial charge in [0.25, 0.3) is 0 Å². The molecule has 2 atom stereocenters. The first-order chi connectivity index (χ1) is 9.81. The number of hydrogen-bond donors (Lipinski definition) is 2. The van der Waals surface area contributed by atoms with E-state index >= 15 is 0 Å². The van der Waals surface area contributed by atoms with Gasteiger partial charge in [0, 0.05) is 0 Å². The number of alkyl carbamates (subject to hydrolysis) is 2. The number of carbonyl (C=O) groups excluding carboxylic acids is 2. The third-order valence-electron chi connectivity index (χ3n) is 1.82. The molecule has 124 valence electrons. The first-order valence-corrected chi connectivity index (χ1v) is 7.64. The molecule has 0 aliphatic carbocycles. The highest BCUT2D eigenvalue weighted by atomic mass is 35.5. The number of halogens is 4. The first kappa shape index (κ1) is 20.7. The molecule has 2 amide bonds. The average molecular weight is 386 g/mol. The van der Waals surface area contributed by atoms with Crippen LogP contribution < -0.4 is 10.6 Å². The Morgan fingerprint density at radius 2 is 1.19 bits per heavy atom. The lowest BCUT2D eigenvalue weighted by Gasteiger charge is -2.27. The van der Waals surface area contributed by atoms with E-state index in [1.165, 1.54) is 0 Å². The zero-order chi connectivity index (χ0) is 16.4. The largest absolute Gasteiger partial charge is 0.450 e. The average Bonchev–Trinajstić information content (AvgIpc) is 2.37. The molecule has 0 aromatic rings. The minimum absolute atomic E-state index is 0.145. The van der Waals surface area contributed by atoms with Gasteiger partial charge in [-0.15, -0.1) is 46.4 Å². The number of nitrogens with one attached hydrogen (secondary N) is 2. The molecule has 0 saturated heterocycles. The van der Waals surface area contributed by atoms with Gasteiger partial charge in [0.1, 0.15) is 0 Å². The third-order valence-corrected chi connectivity index (χ3v) is 2.74. The van der Waals surface area contributed by atoms with Gasteiger partial charge < -0.3 is 14.2 Å². The summed E-state index contributed by atoms with van der Waals surface area (Å²) >= 11 is 22.7. The van der Waals surface area contributed by atoms with E-state index in [-0.39, 0.29) is 13.2 Å². The number of rotatable bonds is 8. The van der Waals surface area contributed by atoms with Crippen molar-refractivity contribution in [1.82, 2.24) is 10.6 Å². The van der Waals surface area contributed by atoms with Crippen molar-refractivity contribution in [3.05, 3.63) is 0 Å². The molecule has 0 saturated carbocycles. The quantitative estimate of drug-likeness (QED) is 0.495. The van der Waals surface area contributed by atoms with Gasteiger partial charge in [0.15, 0.2) is 22.1 Å². The Morgan fingerprint density at radius 3 is 1.43 bits per heavy atom. The van der Waals surface area contributed by atoms with Gasteiger partial charge in [-0.05, 0) is 13.8 Å². The fourth-order valence-electron chi connectivity index (χ4n) is 1.05. The predicted molar refractivity (Wildman–Crippen MR) is 80.0 cm³/mol. The molecule has 0 aliphatic rings. The van der Waals surface area contributed by atoms with Crippen LogP contribution in [0.3, 0.4) is 0 Å². The zero-order valence-electron chi connectivity index (χ0n) is 11.3. The molecular weight excluding hydrogens is 370 g/mol. The van der Waals surface area contributed by atoms with Crippen LogP contribution in [-0.2, 0) is 14.2 Å². The SMILES string of the molecule is CCOC(=O)NC(OC(NC(=O)OCC)C(Cl)Cl)C(Cl)Cl. The molecule has 0 heterocycles. The lowest BCUT2D eigenvalue weighted by atomic mass is 10.5. The van der Waals surface area contributed by atoms with E-state index in [2.05, 4.69) is 20.1 Å². The van der Waals surface area contributed by atoms with Crippen molar-refractivity contribution in [3.63, 3.8) is 0 Å². The van der Waals surface area contributed by atoms with Crippen LogP contribution in [0.1, 0.15) is 13.8 Å². The first-order valence-electron chi connectivity index (χ1n) is 5.90. The van der Waals surface area contributed by atoms with Crippen LogP contribution >= 0.6 is 46.4 Å². The van der Waals surface area contributed by atoms with Gasteiger partial charge in [0.2, 0.25) is 0 Å². The summed E-state index contributed by atoms with van der Waals surface area (Å²) in [5.74, 6) is 0. The number of amides is 2. The third kappa shape index (κ3) is 9.31. The second-order valence-electron chi connectivity index (χ2n) is 3.38. The normalized spacial score (nSPS) is 13.7. The molecule has 11 heteroatoms. The summed E-state index contributed by atoms with van der Waals surface area (Å²) in [6, 6.07) is 0. The number of alkyl halides is 4. The molecule has 0 aromatic heterocycles. The zero-order valence-corrected chi connectivity index (χ0v) is 14.3. The standard InChI is InChI=1S/C10H16Cl4N2O5/c1-3-19-9(17)15-7(5(11)12)21-8(6(13)14)16-10(18)20-4-2/h5-8H,3-4H2,1-2H3,(H,15,17)(H,16,18). The highest BCUT2D eigenvalue weighted by Crippen LogP contribution is 2.16. The van der Waals surface area contributed by atoms with Crippen LogP contribution in [0.15, 0.2) is 0 Å². The molecule has 21 heavy (non-hydrogen) atoms. The van der Waals surface area contributed by atoms with E-state index in [4.69, 9.17) is 51.1 Å². The van der Waals surface area contributed by atoms with E-state index in [0.29, 0.717) is 0 Å². The summed E-state index contributed by atoms with van der Waals surface area (Å²) < 4.78 is 14.6. The molecule has 0 spiro atoms. The van der Waals surface area contributed by atoms with Crippen molar-refractivity contribution in [2.24, 2.45) is 0 Å². The molecular formula is C10H16Cl4N2O5. The smallest absolute Gasteiger partial charge is 0.409 e. The summed E-state index contributed by atoms with van der Waals surface area (Å²) in [7, 11) is 0. The van der Waals surface area contributed by atoms with Crippen LogP contribution in [0.25, 0.3) is 0 Å². The minimum Gasteiger partial charge on any atom is -0.450 e. The van der Waals surface area contributed by atoms with Crippen LogP contribution in [0.5, 0.6) is 0 Å². The van der Waals surface area contributed by atoms with E-state index < -0.39 is 34.3 Å².